The molecule has 24 heavy (non-hydrogen) atoms. The van der Waals surface area contributed by atoms with E-state index >= 15 is 0 Å². The first-order chi connectivity index (χ1) is 11.6. The van der Waals surface area contributed by atoms with Gasteiger partial charge in [0.1, 0.15) is 5.82 Å². The summed E-state index contributed by atoms with van der Waals surface area (Å²) in [4.78, 5) is 14.2. The van der Waals surface area contributed by atoms with E-state index in [0.29, 0.717) is 37.6 Å². The largest absolute Gasteiger partial charge is 0.378 e. The molecule has 0 aliphatic carbocycles. The molecule has 0 N–H and O–H groups in total. The zero-order valence-corrected chi connectivity index (χ0v) is 13.7. The second-order valence-corrected chi connectivity index (χ2v) is 5.88. The van der Waals surface area contributed by atoms with Gasteiger partial charge in [-0.3, -0.25) is 4.79 Å². The van der Waals surface area contributed by atoms with Gasteiger partial charge in [0.25, 0.3) is 0 Å². The molecule has 1 aliphatic heterocycles. The average molecular weight is 325 g/mol. The fourth-order valence-corrected chi connectivity index (χ4v) is 2.76. The Bertz CT molecular complexity index is 764. The quantitative estimate of drug-likeness (QED) is 0.631. The third-order valence-corrected chi connectivity index (χ3v) is 4.05. The van der Waals surface area contributed by atoms with Crippen LogP contribution in [0.15, 0.2) is 48.5 Å². The van der Waals surface area contributed by atoms with Crippen molar-refractivity contribution in [3.8, 4) is 0 Å². The summed E-state index contributed by atoms with van der Waals surface area (Å²) in [6, 6.07) is 12.5. The van der Waals surface area contributed by atoms with E-state index in [9.17, 15) is 9.18 Å². The van der Waals surface area contributed by atoms with E-state index in [0.717, 1.165) is 11.1 Å². The highest BCUT2D eigenvalue weighted by molar-refractivity contribution is 6.07. The lowest BCUT2D eigenvalue weighted by Crippen LogP contribution is -2.36. The predicted molar refractivity (Wildman–Crippen MR) is 94.0 cm³/mol. The van der Waals surface area contributed by atoms with Gasteiger partial charge in [0, 0.05) is 18.7 Å². The van der Waals surface area contributed by atoms with Crippen LogP contribution in [0, 0.1) is 12.7 Å². The van der Waals surface area contributed by atoms with E-state index in [4.69, 9.17) is 4.74 Å². The first-order valence-corrected chi connectivity index (χ1v) is 8.05. The van der Waals surface area contributed by atoms with Gasteiger partial charge >= 0.3 is 0 Å². The summed E-state index contributed by atoms with van der Waals surface area (Å²) in [6.45, 7) is 4.52. The van der Waals surface area contributed by atoms with Crippen molar-refractivity contribution in [2.75, 3.05) is 31.2 Å². The first-order valence-electron chi connectivity index (χ1n) is 8.05. The van der Waals surface area contributed by atoms with Crippen molar-refractivity contribution in [1.29, 1.82) is 0 Å². The van der Waals surface area contributed by atoms with Crippen LogP contribution < -0.4 is 4.90 Å². The summed E-state index contributed by atoms with van der Waals surface area (Å²) < 4.78 is 19.6. The van der Waals surface area contributed by atoms with Crippen molar-refractivity contribution in [1.82, 2.24) is 0 Å². The molecule has 3 rings (SSSR count). The lowest BCUT2D eigenvalue weighted by molar-refractivity contribution is 0.104. The van der Waals surface area contributed by atoms with Crippen LogP contribution in [-0.4, -0.2) is 32.1 Å². The van der Waals surface area contributed by atoms with E-state index in [2.05, 4.69) is 0 Å². The molecule has 0 amide bonds. The van der Waals surface area contributed by atoms with E-state index in [-0.39, 0.29) is 11.6 Å². The van der Waals surface area contributed by atoms with Crippen molar-refractivity contribution >= 4 is 17.5 Å². The van der Waals surface area contributed by atoms with Crippen LogP contribution in [0.2, 0.25) is 0 Å². The molecule has 0 aromatic heterocycles. The van der Waals surface area contributed by atoms with E-state index in [1.807, 2.05) is 36.1 Å². The molecule has 1 heterocycles. The summed E-state index contributed by atoms with van der Waals surface area (Å²) in [6.07, 6.45) is 3.24. The van der Waals surface area contributed by atoms with Crippen LogP contribution in [0.3, 0.4) is 0 Å². The van der Waals surface area contributed by atoms with Gasteiger partial charge in [-0.05, 0) is 36.8 Å². The van der Waals surface area contributed by atoms with Gasteiger partial charge in [-0.2, -0.15) is 0 Å². The molecule has 2 aromatic carbocycles. The number of morpholine rings is 1. The molecule has 1 fully saturated rings. The Labute approximate surface area is 141 Å². The topological polar surface area (TPSA) is 29.5 Å². The van der Waals surface area contributed by atoms with Crippen molar-refractivity contribution in [3.63, 3.8) is 0 Å². The van der Waals surface area contributed by atoms with Crippen molar-refractivity contribution in [3.05, 3.63) is 71.0 Å². The monoisotopic (exact) mass is 325 g/mol. The van der Waals surface area contributed by atoms with Gasteiger partial charge < -0.3 is 9.64 Å². The molecular weight excluding hydrogens is 305 g/mol. The molecule has 0 spiro atoms. The van der Waals surface area contributed by atoms with Gasteiger partial charge in [-0.25, -0.2) is 4.39 Å². The third-order valence-electron chi connectivity index (χ3n) is 4.05. The average Bonchev–Trinajstić information content (AvgIpc) is 2.60. The van der Waals surface area contributed by atoms with Crippen molar-refractivity contribution in [2.45, 2.75) is 6.92 Å². The standard InChI is InChI=1S/C20H20FNO2/c1-15-3-2-4-16(13-15)5-8-20(23)17-6-7-19(18(21)14-17)22-9-11-24-12-10-22/h2-8,13-14H,9-12H2,1H3/b8-5+. The number of aryl methyl sites for hydroxylation is 1. The fraction of sp³-hybridized carbons (Fsp3) is 0.250. The molecule has 0 radical (unpaired) electrons. The smallest absolute Gasteiger partial charge is 0.185 e. The van der Waals surface area contributed by atoms with Crippen LogP contribution in [0.25, 0.3) is 6.08 Å². The number of hydrogen-bond acceptors (Lipinski definition) is 3. The first kappa shape index (κ1) is 16.4. The Balaban J connectivity index is 1.74. The molecule has 2 aromatic rings. The summed E-state index contributed by atoms with van der Waals surface area (Å²) in [7, 11) is 0. The molecule has 1 saturated heterocycles. The minimum Gasteiger partial charge on any atom is -0.378 e. The van der Waals surface area contributed by atoms with Gasteiger partial charge in [-0.15, -0.1) is 0 Å². The number of nitrogens with zero attached hydrogens (tertiary/aromatic N) is 1. The number of hydrogen-bond donors (Lipinski definition) is 0. The lowest BCUT2D eigenvalue weighted by atomic mass is 10.1. The summed E-state index contributed by atoms with van der Waals surface area (Å²) in [5, 5.41) is 0. The Hall–Kier alpha value is -2.46. The van der Waals surface area contributed by atoms with E-state index in [1.54, 1.807) is 18.2 Å². The van der Waals surface area contributed by atoms with E-state index < -0.39 is 0 Å². The highest BCUT2D eigenvalue weighted by Gasteiger charge is 2.16. The number of allylic oxidation sites excluding steroid dienone is 1. The number of carbonyl (C=O) groups excluding carboxylic acids is 1. The van der Waals surface area contributed by atoms with Crippen LogP contribution in [0.4, 0.5) is 10.1 Å². The number of rotatable bonds is 4. The summed E-state index contributed by atoms with van der Waals surface area (Å²) >= 11 is 0. The van der Waals surface area contributed by atoms with Crippen LogP contribution in [0.1, 0.15) is 21.5 Å². The predicted octanol–water partition coefficient (Wildman–Crippen LogP) is 3.87. The molecular formula is C20H20FNO2. The van der Waals surface area contributed by atoms with Gasteiger partial charge in [-0.1, -0.05) is 35.9 Å². The van der Waals surface area contributed by atoms with Crippen LogP contribution >= 0.6 is 0 Å². The number of halogens is 1. The number of ether oxygens (including phenoxy) is 1. The highest BCUT2D eigenvalue weighted by atomic mass is 19.1. The number of anilines is 1. The number of ketones is 1. The van der Waals surface area contributed by atoms with Crippen molar-refractivity contribution in [2.24, 2.45) is 0 Å². The summed E-state index contributed by atoms with van der Waals surface area (Å²) in [5.41, 5.74) is 2.96. The van der Waals surface area contributed by atoms with Crippen LogP contribution in [-0.2, 0) is 4.74 Å². The number of benzene rings is 2. The molecule has 0 atom stereocenters. The lowest BCUT2D eigenvalue weighted by Gasteiger charge is -2.29. The molecule has 0 unspecified atom stereocenters. The highest BCUT2D eigenvalue weighted by Crippen LogP contribution is 2.22. The SMILES string of the molecule is Cc1cccc(/C=C/C(=O)c2ccc(N3CCOCC3)c(F)c2)c1. The minimum atomic E-state index is -0.369. The number of carbonyl (C=O) groups is 1. The van der Waals surface area contributed by atoms with Crippen molar-refractivity contribution < 1.29 is 13.9 Å². The maximum absolute atomic E-state index is 14.4. The molecule has 124 valence electrons. The maximum Gasteiger partial charge on any atom is 0.185 e. The molecule has 0 saturated carbocycles. The van der Waals surface area contributed by atoms with Crippen LogP contribution in [0.5, 0.6) is 0 Å². The minimum absolute atomic E-state index is 0.205. The maximum atomic E-state index is 14.4. The molecule has 4 heteroatoms. The zero-order chi connectivity index (χ0) is 16.9. The normalized spacial score (nSPS) is 15.0. The fourth-order valence-electron chi connectivity index (χ4n) is 2.76. The third kappa shape index (κ3) is 3.89. The Morgan fingerprint density at radius 3 is 2.67 bits per heavy atom. The zero-order valence-electron chi connectivity index (χ0n) is 13.7. The summed E-state index contributed by atoms with van der Waals surface area (Å²) in [5.74, 6) is -0.573. The Morgan fingerprint density at radius 1 is 1.17 bits per heavy atom. The molecule has 3 nitrogen and oxygen atoms in total. The Kier molecular flexibility index (Phi) is 5.06. The molecule has 0 bridgehead atoms. The second kappa shape index (κ2) is 7.41. The second-order valence-electron chi connectivity index (χ2n) is 5.88. The van der Waals surface area contributed by atoms with Gasteiger partial charge in [0.15, 0.2) is 5.78 Å². The molecule has 1 aliphatic rings. The van der Waals surface area contributed by atoms with Gasteiger partial charge in [0.2, 0.25) is 0 Å². The van der Waals surface area contributed by atoms with E-state index in [1.165, 1.54) is 12.1 Å². The van der Waals surface area contributed by atoms with Gasteiger partial charge in [0.05, 0.1) is 18.9 Å². The Morgan fingerprint density at radius 2 is 1.96 bits per heavy atom.